The van der Waals surface area contributed by atoms with E-state index in [1.54, 1.807) is 12.1 Å². The van der Waals surface area contributed by atoms with E-state index in [1.165, 1.54) is 31.4 Å². The zero-order valence-corrected chi connectivity index (χ0v) is 13.8. The van der Waals surface area contributed by atoms with Crippen LogP contribution in [0.1, 0.15) is 5.56 Å². The molecule has 0 aromatic heterocycles. The first-order valence-electron chi connectivity index (χ1n) is 7.20. The van der Waals surface area contributed by atoms with E-state index < -0.39 is 21.2 Å². The molecule has 0 saturated carbocycles. The molecule has 2 aromatic carbocycles. The Morgan fingerprint density at radius 1 is 1.00 bits per heavy atom. The zero-order chi connectivity index (χ0) is 20.0. The lowest BCUT2D eigenvalue weighted by Crippen LogP contribution is -1.97. The summed E-state index contributed by atoms with van der Waals surface area (Å²) >= 11 is 0. The molecule has 0 heterocycles. The predicted octanol–water partition coefficient (Wildman–Crippen LogP) is 3.73. The molecule has 134 valence electrons. The highest BCUT2D eigenvalue weighted by atomic mass is 16.6. The number of non-ortho nitro benzene ring substituents is 1. The van der Waals surface area contributed by atoms with Crippen LogP contribution in [0.4, 0.5) is 11.4 Å². The molecule has 0 bridgehead atoms. The number of allylic oxidation sites excluding steroid dienone is 1. The van der Waals surface area contributed by atoms with Gasteiger partial charge in [-0.2, -0.15) is 10.5 Å². The van der Waals surface area contributed by atoms with Gasteiger partial charge in [-0.15, -0.1) is 0 Å². The lowest BCUT2D eigenvalue weighted by Gasteiger charge is -2.11. The van der Waals surface area contributed by atoms with Gasteiger partial charge >= 0.3 is 5.69 Å². The van der Waals surface area contributed by atoms with Gasteiger partial charge in [-0.3, -0.25) is 20.2 Å². The van der Waals surface area contributed by atoms with Gasteiger partial charge in [0.1, 0.15) is 17.7 Å². The average molecular weight is 366 g/mol. The summed E-state index contributed by atoms with van der Waals surface area (Å²) in [6.45, 7) is 0. The summed E-state index contributed by atoms with van der Waals surface area (Å²) in [7, 11) is 1.34. The Hall–Kier alpha value is -4.44. The van der Waals surface area contributed by atoms with Gasteiger partial charge in [0.2, 0.25) is 5.75 Å². The normalized spacial score (nSPS) is 9.44. The van der Waals surface area contributed by atoms with E-state index in [-0.39, 0.29) is 22.8 Å². The third-order valence-electron chi connectivity index (χ3n) is 3.31. The molecule has 0 aliphatic rings. The number of nitro groups is 2. The molecule has 0 aliphatic carbocycles. The molecule has 0 spiro atoms. The maximum atomic E-state index is 11.2. The van der Waals surface area contributed by atoms with Crippen LogP contribution in [0.3, 0.4) is 0 Å². The highest BCUT2D eigenvalue weighted by Crippen LogP contribution is 2.38. The number of ether oxygens (including phenoxy) is 2. The van der Waals surface area contributed by atoms with E-state index in [0.717, 1.165) is 18.2 Å². The average Bonchev–Trinajstić information content (AvgIpc) is 2.66. The van der Waals surface area contributed by atoms with Crippen molar-refractivity contribution < 1.29 is 19.3 Å². The summed E-state index contributed by atoms with van der Waals surface area (Å²) in [5.74, 6) is 0.0932. The van der Waals surface area contributed by atoms with Crippen molar-refractivity contribution in [3.63, 3.8) is 0 Å². The second kappa shape index (κ2) is 8.09. The molecule has 0 saturated heterocycles. The number of nitrogens with zero attached hydrogens (tertiary/aromatic N) is 4. The molecule has 0 N–H and O–H groups in total. The van der Waals surface area contributed by atoms with Crippen LogP contribution >= 0.6 is 0 Å². The Bertz CT molecular complexity index is 1020. The largest absolute Gasteiger partial charge is 0.493 e. The Morgan fingerprint density at radius 2 is 1.67 bits per heavy atom. The maximum absolute atomic E-state index is 11.2. The van der Waals surface area contributed by atoms with Crippen molar-refractivity contribution in [1.82, 2.24) is 0 Å². The number of benzene rings is 2. The van der Waals surface area contributed by atoms with Crippen LogP contribution < -0.4 is 9.47 Å². The van der Waals surface area contributed by atoms with Gasteiger partial charge in [0.05, 0.1) is 23.0 Å². The molecule has 0 amide bonds. The van der Waals surface area contributed by atoms with E-state index >= 15 is 0 Å². The molecular weight excluding hydrogens is 356 g/mol. The fourth-order valence-electron chi connectivity index (χ4n) is 2.08. The van der Waals surface area contributed by atoms with Crippen LogP contribution in [0.15, 0.2) is 42.0 Å². The van der Waals surface area contributed by atoms with E-state index in [0.29, 0.717) is 5.56 Å². The number of nitriles is 2. The van der Waals surface area contributed by atoms with Gasteiger partial charge in [0, 0.05) is 6.07 Å². The molecule has 2 aromatic rings. The smallest absolute Gasteiger partial charge is 0.318 e. The Labute approximate surface area is 152 Å². The zero-order valence-electron chi connectivity index (χ0n) is 13.8. The molecule has 0 radical (unpaired) electrons. The lowest BCUT2D eigenvalue weighted by molar-refractivity contribution is -0.394. The first-order chi connectivity index (χ1) is 12.9. The second-order valence-electron chi connectivity index (χ2n) is 4.96. The predicted molar refractivity (Wildman–Crippen MR) is 92.0 cm³/mol. The molecule has 2 rings (SSSR count). The maximum Gasteiger partial charge on any atom is 0.318 e. The van der Waals surface area contributed by atoms with Crippen molar-refractivity contribution in [3.05, 3.63) is 67.8 Å². The summed E-state index contributed by atoms with van der Waals surface area (Å²) in [5, 5.41) is 39.6. The highest BCUT2D eigenvalue weighted by Gasteiger charge is 2.22. The number of methoxy groups -OCH3 is 1. The molecule has 10 nitrogen and oxygen atoms in total. The summed E-state index contributed by atoms with van der Waals surface area (Å²) in [6.07, 6.45) is 1.33. The van der Waals surface area contributed by atoms with Crippen LogP contribution in [0, 0.1) is 42.9 Å². The topological polar surface area (TPSA) is 152 Å². The fraction of sp³-hybridized carbons (Fsp3) is 0.0588. The molecule has 0 aliphatic heterocycles. The Kier molecular flexibility index (Phi) is 5.66. The molecule has 0 fully saturated rings. The summed E-state index contributed by atoms with van der Waals surface area (Å²) in [6, 6.07) is 10.9. The molecule has 10 heteroatoms. The van der Waals surface area contributed by atoms with Gasteiger partial charge < -0.3 is 9.47 Å². The van der Waals surface area contributed by atoms with Crippen LogP contribution in [-0.2, 0) is 0 Å². The summed E-state index contributed by atoms with van der Waals surface area (Å²) in [4.78, 5) is 20.4. The first kappa shape index (κ1) is 18.9. The second-order valence-corrected chi connectivity index (χ2v) is 4.96. The van der Waals surface area contributed by atoms with Crippen molar-refractivity contribution in [2.45, 2.75) is 0 Å². The quantitative estimate of drug-likeness (QED) is 0.426. The standard InChI is InChI=1S/C17H10N4O6/c1-26-17-7-11(6-12(9-18)10-19)2-4-16(17)27-15-5-3-13(20(22)23)8-14(15)21(24)25/h2-8H,1H3. The number of nitro benzene ring substituents is 2. The third-order valence-corrected chi connectivity index (χ3v) is 3.31. The minimum absolute atomic E-state index is 0.113. The molecule has 27 heavy (non-hydrogen) atoms. The summed E-state index contributed by atoms with van der Waals surface area (Å²) in [5.41, 5.74) is -0.652. The highest BCUT2D eigenvalue weighted by molar-refractivity contribution is 5.65. The SMILES string of the molecule is COc1cc(C=C(C#N)C#N)ccc1Oc1ccc([N+](=O)[O-])cc1[N+](=O)[O-]. The van der Waals surface area contributed by atoms with Crippen LogP contribution in [-0.4, -0.2) is 17.0 Å². The lowest BCUT2D eigenvalue weighted by atomic mass is 10.1. The van der Waals surface area contributed by atoms with Crippen molar-refractivity contribution in [2.24, 2.45) is 0 Å². The monoisotopic (exact) mass is 366 g/mol. The van der Waals surface area contributed by atoms with Crippen molar-refractivity contribution >= 4 is 17.5 Å². The van der Waals surface area contributed by atoms with Gasteiger partial charge in [-0.1, -0.05) is 6.07 Å². The number of hydrogen-bond donors (Lipinski definition) is 0. The van der Waals surface area contributed by atoms with Gasteiger partial charge in [0.15, 0.2) is 11.5 Å². The van der Waals surface area contributed by atoms with Crippen molar-refractivity contribution in [3.8, 4) is 29.4 Å². The van der Waals surface area contributed by atoms with Crippen molar-refractivity contribution in [2.75, 3.05) is 7.11 Å². The van der Waals surface area contributed by atoms with E-state index in [9.17, 15) is 20.2 Å². The minimum atomic E-state index is -0.794. The van der Waals surface area contributed by atoms with E-state index in [2.05, 4.69) is 0 Å². The Morgan fingerprint density at radius 3 is 2.22 bits per heavy atom. The minimum Gasteiger partial charge on any atom is -0.493 e. The number of rotatable bonds is 6. The molecule has 0 atom stereocenters. The van der Waals surface area contributed by atoms with E-state index in [1.807, 2.05) is 0 Å². The van der Waals surface area contributed by atoms with Gasteiger partial charge in [-0.25, -0.2) is 0 Å². The van der Waals surface area contributed by atoms with Gasteiger partial charge in [-0.05, 0) is 29.8 Å². The Balaban J connectivity index is 2.45. The number of hydrogen-bond acceptors (Lipinski definition) is 8. The van der Waals surface area contributed by atoms with Crippen LogP contribution in [0.2, 0.25) is 0 Å². The third kappa shape index (κ3) is 4.35. The van der Waals surface area contributed by atoms with E-state index in [4.69, 9.17) is 20.0 Å². The van der Waals surface area contributed by atoms with Gasteiger partial charge in [0.25, 0.3) is 5.69 Å². The van der Waals surface area contributed by atoms with Crippen LogP contribution in [0.25, 0.3) is 6.08 Å². The first-order valence-corrected chi connectivity index (χ1v) is 7.20. The fourth-order valence-corrected chi connectivity index (χ4v) is 2.08. The summed E-state index contributed by atoms with van der Waals surface area (Å²) < 4.78 is 10.7. The molecule has 0 unspecified atom stereocenters. The van der Waals surface area contributed by atoms with Crippen LogP contribution in [0.5, 0.6) is 17.2 Å². The molecular formula is C17H10N4O6. The van der Waals surface area contributed by atoms with Crippen molar-refractivity contribution in [1.29, 1.82) is 10.5 Å².